The maximum absolute atomic E-state index is 12.6. The summed E-state index contributed by atoms with van der Waals surface area (Å²) in [6.07, 6.45) is 2.65. The van der Waals surface area contributed by atoms with Gasteiger partial charge in [0.05, 0.1) is 23.0 Å². The Labute approximate surface area is 154 Å². The second kappa shape index (κ2) is 7.02. The fourth-order valence-electron chi connectivity index (χ4n) is 3.77. The lowest BCUT2D eigenvalue weighted by Crippen LogP contribution is -2.49. The highest BCUT2D eigenvalue weighted by Gasteiger charge is 2.42. The molecule has 0 radical (unpaired) electrons. The third kappa shape index (κ3) is 4.09. The molecule has 2 heterocycles. The molecule has 6 nitrogen and oxygen atoms in total. The van der Waals surface area contributed by atoms with Crippen LogP contribution in [-0.4, -0.2) is 43.8 Å². The fourth-order valence-corrected chi connectivity index (χ4v) is 5.87. The Balaban J connectivity index is 1.64. The van der Waals surface area contributed by atoms with Crippen LogP contribution < -0.4 is 10.2 Å². The Kier molecular flexibility index (Phi) is 5.10. The molecule has 7 heteroatoms. The van der Waals surface area contributed by atoms with Crippen LogP contribution >= 0.6 is 0 Å². The van der Waals surface area contributed by atoms with Gasteiger partial charge < -0.3 is 10.2 Å². The summed E-state index contributed by atoms with van der Waals surface area (Å²) >= 11 is 0. The van der Waals surface area contributed by atoms with Crippen LogP contribution in [0, 0.1) is 5.92 Å². The number of amides is 2. The Morgan fingerprint density at radius 3 is 2.58 bits per heavy atom. The summed E-state index contributed by atoms with van der Waals surface area (Å²) in [7, 11) is -3.09. The molecule has 1 aromatic rings. The van der Waals surface area contributed by atoms with Crippen molar-refractivity contribution in [3.8, 4) is 0 Å². The van der Waals surface area contributed by atoms with E-state index in [2.05, 4.69) is 12.2 Å². The van der Waals surface area contributed by atoms with Crippen LogP contribution in [0.1, 0.15) is 38.7 Å². The van der Waals surface area contributed by atoms with Gasteiger partial charge in [-0.25, -0.2) is 8.42 Å². The Hall–Kier alpha value is -1.89. The summed E-state index contributed by atoms with van der Waals surface area (Å²) in [5.41, 5.74) is 1.31. The van der Waals surface area contributed by atoms with Gasteiger partial charge in [-0.3, -0.25) is 9.59 Å². The number of rotatable bonds is 5. The van der Waals surface area contributed by atoms with Crippen molar-refractivity contribution in [2.45, 2.75) is 45.1 Å². The molecule has 2 atom stereocenters. The van der Waals surface area contributed by atoms with E-state index in [0.29, 0.717) is 13.0 Å². The number of nitrogens with zero attached hydrogens (tertiary/aromatic N) is 1. The van der Waals surface area contributed by atoms with E-state index in [-0.39, 0.29) is 29.7 Å². The molecule has 1 N–H and O–H groups in total. The molecule has 2 saturated heterocycles. The maximum atomic E-state index is 12.6. The van der Waals surface area contributed by atoms with E-state index >= 15 is 0 Å². The molecule has 26 heavy (non-hydrogen) atoms. The van der Waals surface area contributed by atoms with E-state index in [0.717, 1.165) is 18.5 Å². The highest BCUT2D eigenvalue weighted by Crippen LogP contribution is 2.28. The van der Waals surface area contributed by atoms with Crippen LogP contribution in [0.2, 0.25) is 0 Å². The predicted molar refractivity (Wildman–Crippen MR) is 101 cm³/mol. The normalized spacial score (nSPS) is 27.7. The Morgan fingerprint density at radius 2 is 2.00 bits per heavy atom. The van der Waals surface area contributed by atoms with Crippen LogP contribution in [0.25, 0.3) is 0 Å². The average Bonchev–Trinajstić information content (AvgIpc) is 3.08. The van der Waals surface area contributed by atoms with E-state index in [4.69, 9.17) is 0 Å². The van der Waals surface area contributed by atoms with Gasteiger partial charge in [0.2, 0.25) is 11.8 Å². The summed E-state index contributed by atoms with van der Waals surface area (Å²) in [4.78, 5) is 26.6. The van der Waals surface area contributed by atoms with Crippen molar-refractivity contribution in [1.29, 1.82) is 0 Å². The molecule has 142 valence electrons. The lowest BCUT2D eigenvalue weighted by Gasteiger charge is -2.25. The molecule has 0 saturated carbocycles. The molecular formula is C19H26N2O4S. The molecule has 2 aliphatic heterocycles. The minimum absolute atomic E-state index is 0.0327. The number of carbonyl (C=O) groups is 2. The maximum Gasteiger partial charge on any atom is 0.227 e. The highest BCUT2D eigenvalue weighted by atomic mass is 32.2. The van der Waals surface area contributed by atoms with E-state index in [1.165, 1.54) is 5.56 Å². The zero-order valence-electron chi connectivity index (χ0n) is 15.3. The first kappa shape index (κ1) is 18.9. The van der Waals surface area contributed by atoms with Gasteiger partial charge in [0.15, 0.2) is 9.84 Å². The zero-order valence-corrected chi connectivity index (χ0v) is 16.1. The molecule has 1 aromatic carbocycles. The SMILES string of the molecule is CCCc1ccc(N2C[C@H](C(=O)N[C@@]3(C)CCS(=O)(=O)C3)CC2=O)cc1. The summed E-state index contributed by atoms with van der Waals surface area (Å²) < 4.78 is 23.4. The van der Waals surface area contributed by atoms with Gasteiger partial charge in [0.1, 0.15) is 0 Å². The lowest BCUT2D eigenvalue weighted by atomic mass is 9.99. The van der Waals surface area contributed by atoms with Gasteiger partial charge >= 0.3 is 0 Å². The minimum Gasteiger partial charge on any atom is -0.350 e. The Bertz CT molecular complexity index is 803. The van der Waals surface area contributed by atoms with Gasteiger partial charge in [-0.15, -0.1) is 0 Å². The molecular weight excluding hydrogens is 352 g/mol. The first-order valence-corrected chi connectivity index (χ1v) is 11.0. The van der Waals surface area contributed by atoms with Crippen molar-refractivity contribution in [1.82, 2.24) is 5.32 Å². The number of anilines is 1. The summed E-state index contributed by atoms with van der Waals surface area (Å²) in [5.74, 6) is -0.683. The molecule has 2 aliphatic rings. The summed E-state index contributed by atoms with van der Waals surface area (Å²) in [5, 5.41) is 2.87. The molecule has 0 bridgehead atoms. The van der Waals surface area contributed by atoms with Crippen LogP contribution in [0.4, 0.5) is 5.69 Å². The first-order chi connectivity index (χ1) is 12.2. The molecule has 0 aliphatic carbocycles. The van der Waals surface area contributed by atoms with Crippen molar-refractivity contribution >= 4 is 27.3 Å². The molecule has 0 unspecified atom stereocenters. The van der Waals surface area contributed by atoms with Crippen LogP contribution in [0.15, 0.2) is 24.3 Å². The number of hydrogen-bond acceptors (Lipinski definition) is 4. The van der Waals surface area contributed by atoms with Crippen LogP contribution in [-0.2, 0) is 25.8 Å². The third-order valence-corrected chi connectivity index (χ3v) is 7.11. The molecule has 0 aromatic heterocycles. The van der Waals surface area contributed by atoms with Crippen molar-refractivity contribution in [3.63, 3.8) is 0 Å². The number of sulfone groups is 1. The molecule has 3 rings (SSSR count). The average molecular weight is 378 g/mol. The van der Waals surface area contributed by atoms with Crippen molar-refractivity contribution in [2.75, 3.05) is 23.0 Å². The van der Waals surface area contributed by atoms with Gasteiger partial charge in [0, 0.05) is 18.7 Å². The van der Waals surface area contributed by atoms with Crippen molar-refractivity contribution < 1.29 is 18.0 Å². The third-order valence-electron chi connectivity index (χ3n) is 5.21. The van der Waals surface area contributed by atoms with Crippen molar-refractivity contribution in [3.05, 3.63) is 29.8 Å². The van der Waals surface area contributed by atoms with Crippen LogP contribution in [0.3, 0.4) is 0 Å². The van der Waals surface area contributed by atoms with Crippen molar-refractivity contribution in [2.24, 2.45) is 5.92 Å². The van der Waals surface area contributed by atoms with Gasteiger partial charge in [-0.2, -0.15) is 0 Å². The zero-order chi connectivity index (χ0) is 18.9. The summed E-state index contributed by atoms with van der Waals surface area (Å²) in [6, 6.07) is 7.88. The molecule has 2 fully saturated rings. The minimum atomic E-state index is -3.09. The highest BCUT2D eigenvalue weighted by molar-refractivity contribution is 7.91. The van der Waals surface area contributed by atoms with Gasteiger partial charge in [-0.05, 0) is 37.5 Å². The van der Waals surface area contributed by atoms with E-state index in [1.54, 1.807) is 11.8 Å². The fraction of sp³-hybridized carbons (Fsp3) is 0.579. The first-order valence-electron chi connectivity index (χ1n) is 9.13. The van der Waals surface area contributed by atoms with Crippen LogP contribution in [0.5, 0.6) is 0 Å². The van der Waals surface area contributed by atoms with Gasteiger partial charge in [-0.1, -0.05) is 25.5 Å². The monoisotopic (exact) mass is 378 g/mol. The second-order valence-electron chi connectivity index (χ2n) is 7.71. The number of aryl methyl sites for hydroxylation is 1. The smallest absolute Gasteiger partial charge is 0.227 e. The standard InChI is InChI=1S/C19H26N2O4S/c1-3-4-14-5-7-16(8-6-14)21-12-15(11-17(21)22)18(23)20-19(2)9-10-26(24,25)13-19/h5-8,15H,3-4,9-13H2,1-2H3,(H,20,23)/t15-,19+/m1/s1. The topological polar surface area (TPSA) is 83.6 Å². The lowest BCUT2D eigenvalue weighted by molar-refractivity contribution is -0.127. The molecule has 0 spiro atoms. The number of carbonyl (C=O) groups excluding carboxylic acids is 2. The summed E-state index contributed by atoms with van der Waals surface area (Å²) in [6.45, 7) is 4.22. The van der Waals surface area contributed by atoms with E-state index in [1.807, 2.05) is 24.3 Å². The number of benzene rings is 1. The van der Waals surface area contributed by atoms with E-state index < -0.39 is 21.3 Å². The predicted octanol–water partition coefficient (Wildman–Crippen LogP) is 1.69. The largest absolute Gasteiger partial charge is 0.350 e. The number of nitrogens with one attached hydrogen (secondary N) is 1. The number of hydrogen-bond donors (Lipinski definition) is 1. The Morgan fingerprint density at radius 1 is 1.31 bits per heavy atom. The molecule has 2 amide bonds. The quantitative estimate of drug-likeness (QED) is 0.845. The van der Waals surface area contributed by atoms with E-state index in [9.17, 15) is 18.0 Å². The van der Waals surface area contributed by atoms with Gasteiger partial charge in [0.25, 0.3) is 0 Å². The second-order valence-corrected chi connectivity index (χ2v) is 9.90.